The van der Waals surface area contributed by atoms with Gasteiger partial charge < -0.3 is 30.3 Å². The number of aliphatic hydroxyl groups is 2. The van der Waals surface area contributed by atoms with Crippen LogP contribution < -0.4 is 10.6 Å². The number of ether oxygens (including phenoxy) is 2. The van der Waals surface area contributed by atoms with Crippen molar-refractivity contribution in [2.45, 2.75) is 75.3 Å². The number of nitrogens with one attached hydrogen (secondary N) is 2. The summed E-state index contributed by atoms with van der Waals surface area (Å²) in [4.78, 5) is 20.5. The van der Waals surface area contributed by atoms with Gasteiger partial charge in [-0.05, 0) is 60.9 Å². The molecule has 1 amide bonds. The summed E-state index contributed by atoms with van der Waals surface area (Å²) >= 11 is 1.44. The summed E-state index contributed by atoms with van der Waals surface area (Å²) in [5.41, 5.74) is 2.90. The number of benzene rings is 3. The number of carbonyl (C=O) groups excluding carboxylic acids is 1. The molecule has 4 atom stereocenters. The third-order valence-corrected chi connectivity index (χ3v) is 12.9. The summed E-state index contributed by atoms with van der Waals surface area (Å²) in [6.07, 6.45) is 0.155. The number of aliphatic hydroxyl groups excluding tert-OH is 2. The second-order valence-electron chi connectivity index (χ2n) is 14.8. The van der Waals surface area contributed by atoms with Crippen LogP contribution in [0.5, 0.6) is 0 Å². The standard InChI is InChI=1S/C40H53N5O7S2/c1-28(2)23-45(25-36(47)35(21-29-9-5-3-6-10-29)43-40(48)52-37-27-51-26-31(37)17-20-46)54(49,50)33-13-14-34-38(22-33)53-39(42-34)41-32-15-18-44(19-16-32)24-30-11-7-4-8-12-30/h3-14,22,28,31-32,35-37,46-47H,15-21,23-27H2,1-2H3,(H,41,42)(H,43,48)/t31-,35+,36-,37?/m1/s1. The number of alkyl carbamates (subject to hydrolysis) is 1. The van der Waals surface area contributed by atoms with Crippen molar-refractivity contribution in [2.24, 2.45) is 11.8 Å². The lowest BCUT2D eigenvalue weighted by Gasteiger charge is -2.32. The molecule has 0 aliphatic carbocycles. The van der Waals surface area contributed by atoms with E-state index in [1.54, 1.807) is 18.2 Å². The second kappa shape index (κ2) is 18.8. The van der Waals surface area contributed by atoms with Gasteiger partial charge >= 0.3 is 6.09 Å². The number of aromatic nitrogens is 1. The maximum Gasteiger partial charge on any atom is 0.407 e. The zero-order chi connectivity index (χ0) is 38.1. The van der Waals surface area contributed by atoms with Gasteiger partial charge in [0, 0.05) is 51.3 Å². The van der Waals surface area contributed by atoms with Crippen LogP contribution in [0.25, 0.3) is 10.2 Å². The minimum Gasteiger partial charge on any atom is -0.443 e. The fraction of sp³-hybridized carbons (Fsp3) is 0.500. The van der Waals surface area contributed by atoms with Crippen molar-refractivity contribution in [3.8, 4) is 0 Å². The molecule has 2 fully saturated rings. The summed E-state index contributed by atoms with van der Waals surface area (Å²) in [5, 5.41) is 28.3. The molecule has 0 spiro atoms. The lowest BCUT2D eigenvalue weighted by Crippen LogP contribution is -2.51. The van der Waals surface area contributed by atoms with E-state index in [2.05, 4.69) is 39.8 Å². The number of anilines is 1. The van der Waals surface area contributed by atoms with Crippen molar-refractivity contribution in [1.29, 1.82) is 0 Å². The first kappa shape index (κ1) is 40.0. The van der Waals surface area contributed by atoms with E-state index in [0.717, 1.165) is 53.4 Å². The van der Waals surface area contributed by atoms with Gasteiger partial charge in [0.15, 0.2) is 5.13 Å². The number of sulfonamides is 1. The number of amides is 1. The Morgan fingerprint density at radius 2 is 1.72 bits per heavy atom. The van der Waals surface area contributed by atoms with Crippen molar-refractivity contribution in [2.75, 3.05) is 51.3 Å². The van der Waals surface area contributed by atoms with E-state index < -0.39 is 34.4 Å². The normalized spacial score (nSPS) is 19.7. The van der Waals surface area contributed by atoms with Crippen LogP contribution in [0, 0.1) is 11.8 Å². The Bertz CT molecular complexity index is 1890. The molecule has 4 N–H and O–H groups in total. The molecule has 6 rings (SSSR count). The fourth-order valence-electron chi connectivity index (χ4n) is 7.16. The molecule has 0 radical (unpaired) electrons. The van der Waals surface area contributed by atoms with Crippen LogP contribution in [0.1, 0.15) is 44.2 Å². The molecule has 0 saturated carbocycles. The zero-order valence-corrected chi connectivity index (χ0v) is 32.7. The van der Waals surface area contributed by atoms with E-state index in [9.17, 15) is 23.4 Å². The van der Waals surface area contributed by atoms with Crippen molar-refractivity contribution >= 4 is 42.8 Å². The smallest absolute Gasteiger partial charge is 0.407 e. The number of hydrogen-bond donors (Lipinski definition) is 4. The van der Waals surface area contributed by atoms with Crippen molar-refractivity contribution < 1.29 is 32.9 Å². The van der Waals surface area contributed by atoms with Crippen molar-refractivity contribution in [3.63, 3.8) is 0 Å². The van der Waals surface area contributed by atoms with E-state index >= 15 is 0 Å². The molecule has 12 nitrogen and oxygen atoms in total. The number of rotatable bonds is 17. The fourth-order valence-corrected chi connectivity index (χ4v) is 9.87. The van der Waals surface area contributed by atoms with Crippen LogP contribution in [0.2, 0.25) is 0 Å². The van der Waals surface area contributed by atoms with Gasteiger partial charge in [-0.25, -0.2) is 18.2 Å². The first-order chi connectivity index (χ1) is 26.1. The summed E-state index contributed by atoms with van der Waals surface area (Å²) in [7, 11) is -4.06. The first-order valence-electron chi connectivity index (χ1n) is 18.9. The highest BCUT2D eigenvalue weighted by atomic mass is 32.2. The highest BCUT2D eigenvalue weighted by molar-refractivity contribution is 7.89. The molecule has 3 heterocycles. The molecule has 2 aliphatic rings. The number of fused-ring (bicyclic) bond motifs is 1. The van der Waals surface area contributed by atoms with E-state index in [-0.39, 0.29) is 55.5 Å². The van der Waals surface area contributed by atoms with Crippen molar-refractivity contribution in [3.05, 3.63) is 90.0 Å². The quantitative estimate of drug-likeness (QED) is 0.114. The van der Waals surface area contributed by atoms with Gasteiger partial charge in [-0.1, -0.05) is 85.8 Å². The van der Waals surface area contributed by atoms with Gasteiger partial charge in [-0.2, -0.15) is 4.31 Å². The highest BCUT2D eigenvalue weighted by Crippen LogP contribution is 2.31. The maximum absolute atomic E-state index is 14.3. The number of hydrogen-bond acceptors (Lipinski definition) is 11. The molecule has 4 aromatic rings. The molecule has 1 unspecified atom stereocenters. The van der Waals surface area contributed by atoms with E-state index in [1.807, 2.05) is 50.2 Å². The third kappa shape index (κ3) is 10.8. The van der Waals surface area contributed by atoms with Crippen LogP contribution in [0.4, 0.5) is 9.93 Å². The molecule has 292 valence electrons. The van der Waals surface area contributed by atoms with Gasteiger partial charge in [-0.15, -0.1) is 0 Å². The Morgan fingerprint density at radius 1 is 1.02 bits per heavy atom. The van der Waals surface area contributed by atoms with Gasteiger partial charge in [0.2, 0.25) is 10.0 Å². The average Bonchev–Trinajstić information content (AvgIpc) is 3.78. The number of likely N-dealkylation sites (tertiary alicyclic amines) is 1. The third-order valence-electron chi connectivity index (χ3n) is 10.1. The zero-order valence-electron chi connectivity index (χ0n) is 31.0. The number of nitrogens with zero attached hydrogens (tertiary/aromatic N) is 3. The monoisotopic (exact) mass is 779 g/mol. The van der Waals surface area contributed by atoms with E-state index in [1.165, 1.54) is 21.2 Å². The summed E-state index contributed by atoms with van der Waals surface area (Å²) < 4.78 is 41.8. The topological polar surface area (TPSA) is 154 Å². The number of piperidine rings is 1. The first-order valence-corrected chi connectivity index (χ1v) is 21.1. The van der Waals surface area contributed by atoms with Gasteiger partial charge in [0.1, 0.15) is 6.10 Å². The minimum atomic E-state index is -4.06. The molecule has 2 saturated heterocycles. The number of carbonyl (C=O) groups is 1. The SMILES string of the molecule is CC(C)CN(C[C@@H](O)[C@H](Cc1ccccc1)NC(=O)OC1COC[C@H]1CCO)S(=O)(=O)c1ccc2nc(NC3CCN(Cc4ccccc4)CC3)sc2c1. The van der Waals surface area contributed by atoms with Gasteiger partial charge in [0.05, 0.1) is 40.5 Å². The minimum absolute atomic E-state index is 0.0367. The van der Waals surface area contributed by atoms with Gasteiger partial charge in [0.25, 0.3) is 0 Å². The summed E-state index contributed by atoms with van der Waals surface area (Å²) in [6, 6.07) is 24.3. The van der Waals surface area contributed by atoms with E-state index in [0.29, 0.717) is 13.0 Å². The molecule has 3 aromatic carbocycles. The summed E-state index contributed by atoms with van der Waals surface area (Å²) in [5.74, 6) is -0.165. The average molecular weight is 780 g/mol. The molecule has 0 bridgehead atoms. The van der Waals surface area contributed by atoms with Crippen LogP contribution in [-0.2, 0) is 32.5 Å². The van der Waals surface area contributed by atoms with Crippen LogP contribution in [-0.4, -0.2) is 109 Å². The number of thiazole rings is 1. The highest BCUT2D eigenvalue weighted by Gasteiger charge is 2.35. The Labute approximate surface area is 322 Å². The molecule has 14 heteroatoms. The molecular weight excluding hydrogens is 727 g/mol. The molecule has 1 aromatic heterocycles. The Kier molecular flexibility index (Phi) is 13.9. The predicted octanol–water partition coefficient (Wildman–Crippen LogP) is 5.12. The summed E-state index contributed by atoms with van der Waals surface area (Å²) in [6.45, 7) is 7.25. The van der Waals surface area contributed by atoms with E-state index in [4.69, 9.17) is 14.5 Å². The largest absolute Gasteiger partial charge is 0.443 e. The predicted molar refractivity (Wildman–Crippen MR) is 211 cm³/mol. The van der Waals surface area contributed by atoms with Gasteiger partial charge in [-0.3, -0.25) is 4.90 Å². The maximum atomic E-state index is 14.3. The van der Waals surface area contributed by atoms with Crippen LogP contribution in [0.15, 0.2) is 83.8 Å². The Morgan fingerprint density at radius 3 is 2.41 bits per heavy atom. The Hall–Kier alpha value is -3.63. The second-order valence-corrected chi connectivity index (χ2v) is 17.8. The molecular formula is C40H53N5O7S2. The molecule has 2 aliphatic heterocycles. The lowest BCUT2D eigenvalue weighted by atomic mass is 10.0. The van der Waals surface area contributed by atoms with Crippen LogP contribution in [0.3, 0.4) is 0 Å². The Balaban J connectivity index is 1.13. The molecule has 54 heavy (non-hydrogen) atoms. The van der Waals surface area contributed by atoms with Crippen LogP contribution >= 0.6 is 11.3 Å². The van der Waals surface area contributed by atoms with Crippen molar-refractivity contribution in [1.82, 2.24) is 19.5 Å². The lowest BCUT2D eigenvalue weighted by molar-refractivity contribution is 0.0527.